The number of halogens is 1. The lowest BCUT2D eigenvalue weighted by Gasteiger charge is -2.20. The normalized spacial score (nSPS) is 14.4. The van der Waals surface area contributed by atoms with Crippen LogP contribution in [0, 0.1) is 5.92 Å². The van der Waals surface area contributed by atoms with E-state index in [0.717, 1.165) is 38.8 Å². The zero-order valence-electron chi connectivity index (χ0n) is 13.2. The molecule has 4 heteroatoms. The molecule has 0 atom stereocenters. The lowest BCUT2D eigenvalue weighted by molar-refractivity contribution is 0.131. The van der Waals surface area contributed by atoms with Crippen molar-refractivity contribution in [3.63, 3.8) is 0 Å². The molecule has 1 saturated carbocycles. The first-order valence-electron chi connectivity index (χ1n) is 7.98. The summed E-state index contributed by atoms with van der Waals surface area (Å²) in [5, 5.41) is 3.44. The van der Waals surface area contributed by atoms with Crippen LogP contribution in [-0.4, -0.2) is 33.4 Å². The van der Waals surface area contributed by atoms with Gasteiger partial charge < -0.3 is 15.0 Å². The van der Waals surface area contributed by atoms with Crippen molar-refractivity contribution in [2.75, 3.05) is 38.3 Å². The number of nitrogens with one attached hydrogen (secondary N) is 1. The third-order valence-electron chi connectivity index (χ3n) is 3.84. The summed E-state index contributed by atoms with van der Waals surface area (Å²) < 4.78 is 6.88. The van der Waals surface area contributed by atoms with Gasteiger partial charge in [-0.2, -0.15) is 0 Å². The van der Waals surface area contributed by atoms with Crippen molar-refractivity contribution in [2.45, 2.75) is 32.7 Å². The van der Waals surface area contributed by atoms with Crippen LogP contribution in [0.3, 0.4) is 0 Å². The van der Waals surface area contributed by atoms with Crippen LogP contribution < -0.4 is 10.2 Å². The Morgan fingerprint density at radius 2 is 2.19 bits per heavy atom. The summed E-state index contributed by atoms with van der Waals surface area (Å²) in [6.07, 6.45) is 3.88. The molecule has 0 amide bonds. The molecule has 2 rings (SSSR count). The Bertz CT molecular complexity index is 435. The maximum absolute atomic E-state index is 5.71. The molecule has 0 aliphatic heterocycles. The first kappa shape index (κ1) is 16.8. The first-order valence-corrected chi connectivity index (χ1v) is 8.78. The summed E-state index contributed by atoms with van der Waals surface area (Å²) in [4.78, 5) is 2.25. The van der Waals surface area contributed by atoms with Crippen LogP contribution in [0.15, 0.2) is 22.7 Å². The third-order valence-corrected chi connectivity index (χ3v) is 4.58. The van der Waals surface area contributed by atoms with Crippen molar-refractivity contribution in [1.82, 2.24) is 5.32 Å². The van der Waals surface area contributed by atoms with E-state index in [4.69, 9.17) is 4.74 Å². The Kier molecular flexibility index (Phi) is 7.00. The van der Waals surface area contributed by atoms with E-state index in [9.17, 15) is 0 Å². The Morgan fingerprint density at radius 1 is 1.38 bits per heavy atom. The fourth-order valence-electron chi connectivity index (χ4n) is 2.18. The zero-order valence-corrected chi connectivity index (χ0v) is 14.8. The minimum Gasteiger partial charge on any atom is -0.379 e. The fraction of sp³-hybridized carbons (Fsp3) is 0.647. The van der Waals surface area contributed by atoms with Gasteiger partial charge in [-0.25, -0.2) is 0 Å². The smallest absolute Gasteiger partial charge is 0.0641 e. The number of nitrogens with zero attached hydrogens (tertiary/aromatic N) is 1. The average Bonchev–Trinajstić information content (AvgIpc) is 3.29. The van der Waals surface area contributed by atoms with E-state index in [1.54, 1.807) is 0 Å². The average molecular weight is 355 g/mol. The molecule has 1 N–H and O–H groups in total. The van der Waals surface area contributed by atoms with Crippen molar-refractivity contribution in [3.05, 3.63) is 28.2 Å². The molecule has 1 fully saturated rings. The van der Waals surface area contributed by atoms with E-state index in [0.29, 0.717) is 0 Å². The standard InChI is InChI=1S/C17H27BrN2O/c1-3-8-19-12-15-6-7-16(11-17(15)18)20(2)9-10-21-13-14-4-5-14/h6-7,11,14,19H,3-5,8-10,12-13H2,1-2H3. The van der Waals surface area contributed by atoms with Crippen molar-refractivity contribution < 1.29 is 4.74 Å². The number of ether oxygens (including phenoxy) is 1. The maximum atomic E-state index is 5.71. The number of hydrogen-bond donors (Lipinski definition) is 1. The third kappa shape index (κ3) is 5.97. The van der Waals surface area contributed by atoms with Gasteiger partial charge in [0.1, 0.15) is 0 Å². The van der Waals surface area contributed by atoms with E-state index < -0.39 is 0 Å². The SMILES string of the molecule is CCCNCc1ccc(N(C)CCOCC2CC2)cc1Br. The summed E-state index contributed by atoms with van der Waals surface area (Å²) in [6.45, 7) is 6.86. The Hall–Kier alpha value is -0.580. The van der Waals surface area contributed by atoms with Gasteiger partial charge in [-0.3, -0.25) is 0 Å². The van der Waals surface area contributed by atoms with Gasteiger partial charge in [0.25, 0.3) is 0 Å². The molecular formula is C17H27BrN2O. The number of likely N-dealkylation sites (N-methyl/N-ethyl adjacent to an activating group) is 1. The summed E-state index contributed by atoms with van der Waals surface area (Å²) in [5.41, 5.74) is 2.54. The molecule has 1 aliphatic carbocycles. The summed E-state index contributed by atoms with van der Waals surface area (Å²) >= 11 is 3.68. The van der Waals surface area contributed by atoms with Gasteiger partial charge in [0, 0.05) is 36.9 Å². The van der Waals surface area contributed by atoms with Crippen LogP contribution in [0.4, 0.5) is 5.69 Å². The van der Waals surface area contributed by atoms with Gasteiger partial charge >= 0.3 is 0 Å². The highest BCUT2D eigenvalue weighted by atomic mass is 79.9. The molecule has 0 saturated heterocycles. The van der Waals surface area contributed by atoms with Crippen molar-refractivity contribution in [1.29, 1.82) is 0 Å². The highest BCUT2D eigenvalue weighted by molar-refractivity contribution is 9.10. The van der Waals surface area contributed by atoms with Crippen LogP contribution >= 0.6 is 15.9 Å². The molecule has 0 radical (unpaired) electrons. The van der Waals surface area contributed by atoms with Crippen LogP contribution in [0.2, 0.25) is 0 Å². The van der Waals surface area contributed by atoms with Crippen molar-refractivity contribution in [3.8, 4) is 0 Å². The van der Waals surface area contributed by atoms with E-state index in [1.165, 1.54) is 35.0 Å². The largest absolute Gasteiger partial charge is 0.379 e. The van der Waals surface area contributed by atoms with Crippen molar-refractivity contribution in [2.24, 2.45) is 5.92 Å². The molecule has 0 aromatic heterocycles. The summed E-state index contributed by atoms with van der Waals surface area (Å²) in [6, 6.07) is 6.59. The highest BCUT2D eigenvalue weighted by Crippen LogP contribution is 2.28. The van der Waals surface area contributed by atoms with E-state index >= 15 is 0 Å². The molecule has 118 valence electrons. The molecule has 0 bridgehead atoms. The van der Waals surface area contributed by atoms with Gasteiger partial charge in [-0.15, -0.1) is 0 Å². The van der Waals surface area contributed by atoms with E-state index in [1.807, 2.05) is 0 Å². The van der Waals surface area contributed by atoms with Crippen LogP contribution in [0.25, 0.3) is 0 Å². The van der Waals surface area contributed by atoms with Gasteiger partial charge in [0.05, 0.1) is 6.61 Å². The Morgan fingerprint density at radius 3 is 2.86 bits per heavy atom. The van der Waals surface area contributed by atoms with E-state index in [-0.39, 0.29) is 0 Å². The summed E-state index contributed by atoms with van der Waals surface area (Å²) in [5.74, 6) is 0.847. The molecule has 1 aromatic carbocycles. The molecular weight excluding hydrogens is 328 g/mol. The minimum atomic E-state index is 0.810. The van der Waals surface area contributed by atoms with Gasteiger partial charge in [-0.1, -0.05) is 28.9 Å². The predicted octanol–water partition coefficient (Wildman–Crippen LogP) is 3.81. The van der Waals surface area contributed by atoms with Crippen LogP contribution in [-0.2, 0) is 11.3 Å². The lowest BCUT2D eigenvalue weighted by Crippen LogP contribution is -2.23. The zero-order chi connectivity index (χ0) is 15.1. The van der Waals surface area contributed by atoms with Gasteiger partial charge in [0.15, 0.2) is 0 Å². The molecule has 3 nitrogen and oxygen atoms in total. The van der Waals surface area contributed by atoms with E-state index in [2.05, 4.69) is 58.3 Å². The summed E-state index contributed by atoms with van der Waals surface area (Å²) in [7, 11) is 2.12. The first-order chi connectivity index (χ1) is 10.2. The topological polar surface area (TPSA) is 24.5 Å². The Labute approximate surface area is 137 Å². The van der Waals surface area contributed by atoms with Gasteiger partial charge in [-0.05, 0) is 49.4 Å². The second-order valence-corrected chi connectivity index (χ2v) is 6.75. The lowest BCUT2D eigenvalue weighted by atomic mass is 10.2. The number of hydrogen-bond acceptors (Lipinski definition) is 3. The molecule has 1 aliphatic rings. The second kappa shape index (κ2) is 8.76. The molecule has 1 aromatic rings. The molecule has 0 heterocycles. The highest BCUT2D eigenvalue weighted by Gasteiger charge is 2.20. The monoisotopic (exact) mass is 354 g/mol. The Balaban J connectivity index is 1.76. The van der Waals surface area contributed by atoms with Gasteiger partial charge in [0.2, 0.25) is 0 Å². The maximum Gasteiger partial charge on any atom is 0.0641 e. The quantitative estimate of drug-likeness (QED) is 0.646. The molecule has 21 heavy (non-hydrogen) atoms. The predicted molar refractivity (Wildman–Crippen MR) is 93.0 cm³/mol. The second-order valence-electron chi connectivity index (χ2n) is 5.89. The molecule has 0 spiro atoms. The number of anilines is 1. The number of benzene rings is 1. The van der Waals surface area contributed by atoms with Crippen molar-refractivity contribution >= 4 is 21.6 Å². The molecule has 0 unspecified atom stereocenters. The van der Waals surface area contributed by atoms with Crippen LogP contribution in [0.1, 0.15) is 31.7 Å². The fourth-order valence-corrected chi connectivity index (χ4v) is 2.69. The number of rotatable bonds is 10. The minimum absolute atomic E-state index is 0.810. The van der Waals surface area contributed by atoms with Crippen LogP contribution in [0.5, 0.6) is 0 Å².